The maximum atomic E-state index is 10.2. The first-order valence-electron chi connectivity index (χ1n) is 16.3. The highest BCUT2D eigenvalue weighted by atomic mass is 15.0. The van der Waals surface area contributed by atoms with Gasteiger partial charge >= 0.3 is 0 Å². The number of fused-ring (bicyclic) bond motifs is 6. The van der Waals surface area contributed by atoms with Gasteiger partial charge in [0.1, 0.15) is 0 Å². The summed E-state index contributed by atoms with van der Waals surface area (Å²) < 4.78 is 4.41. The minimum absolute atomic E-state index is 0.551. The molecule has 0 bridgehead atoms. The van der Waals surface area contributed by atoms with Crippen LogP contribution >= 0.6 is 0 Å². The Morgan fingerprint density at radius 1 is 0.480 bits per heavy atom. The van der Waals surface area contributed by atoms with E-state index >= 15 is 0 Å². The zero-order valence-corrected chi connectivity index (χ0v) is 26.7. The fourth-order valence-corrected chi connectivity index (χ4v) is 7.39. The molecule has 5 nitrogen and oxygen atoms in total. The summed E-state index contributed by atoms with van der Waals surface area (Å²) in [6, 6.07) is 55.6. The van der Waals surface area contributed by atoms with Crippen molar-refractivity contribution in [3.05, 3.63) is 174 Å². The van der Waals surface area contributed by atoms with E-state index in [9.17, 15) is 10.5 Å². The van der Waals surface area contributed by atoms with Gasteiger partial charge in [-0.3, -0.25) is 0 Å². The largest absolute Gasteiger partial charge is 0.319 e. The Labute approximate surface area is 288 Å². The molecular weight excluding hydrogens is 611 g/mol. The summed E-state index contributed by atoms with van der Waals surface area (Å²) in [4.78, 5) is 3.84. The summed E-state index contributed by atoms with van der Waals surface area (Å²) in [5.74, 6) is 0. The van der Waals surface area contributed by atoms with E-state index in [1.54, 1.807) is 0 Å². The molecule has 2 aromatic heterocycles. The lowest BCUT2D eigenvalue weighted by atomic mass is 9.95. The van der Waals surface area contributed by atoms with E-state index in [2.05, 4.69) is 123 Å². The molecule has 5 heteroatoms. The van der Waals surface area contributed by atoms with Crippen molar-refractivity contribution in [1.82, 2.24) is 9.13 Å². The van der Waals surface area contributed by atoms with E-state index in [1.807, 2.05) is 54.6 Å². The molecule has 0 fully saturated rings. The molecule has 7 aromatic carbocycles. The Morgan fingerprint density at radius 2 is 1.12 bits per heavy atom. The molecule has 0 N–H and O–H groups in total. The van der Waals surface area contributed by atoms with Gasteiger partial charge in [0.05, 0.1) is 57.6 Å². The third-order valence-corrected chi connectivity index (χ3v) is 9.57. The van der Waals surface area contributed by atoms with Crippen molar-refractivity contribution in [2.24, 2.45) is 0 Å². The fourth-order valence-electron chi connectivity index (χ4n) is 7.39. The molecule has 0 spiro atoms. The Balaban J connectivity index is 1.19. The second-order valence-corrected chi connectivity index (χ2v) is 12.3. The predicted molar refractivity (Wildman–Crippen MR) is 202 cm³/mol. The van der Waals surface area contributed by atoms with Gasteiger partial charge in [0.2, 0.25) is 5.69 Å². The van der Waals surface area contributed by atoms with Gasteiger partial charge in [-0.15, -0.1) is 0 Å². The standard InChI is InChI=1S/C45H25N5/c1-48-40-13-8-12-38-39-25-29(27-46)17-22-44(39)49(45(38)40)34-20-18-31(19-21-34)32-23-30(28-47)24-33(26-32)35-9-2-5-14-41(35)50-42-15-6-3-10-36(42)37-11-4-7-16-43(37)50/h2-26H. The molecular formula is C45H25N5. The molecule has 0 aliphatic heterocycles. The van der Waals surface area contributed by atoms with E-state index in [1.165, 1.54) is 10.8 Å². The van der Waals surface area contributed by atoms with Gasteiger partial charge in [-0.2, -0.15) is 10.5 Å². The van der Waals surface area contributed by atoms with Crippen LogP contribution in [-0.2, 0) is 0 Å². The number of nitriles is 2. The minimum atomic E-state index is 0.551. The van der Waals surface area contributed by atoms with Gasteiger partial charge in [-0.25, -0.2) is 4.85 Å². The summed E-state index contributed by atoms with van der Waals surface area (Å²) in [5.41, 5.74) is 11.6. The first-order chi connectivity index (χ1) is 24.7. The Hall–Kier alpha value is -7.39. The van der Waals surface area contributed by atoms with Crippen molar-refractivity contribution in [2.75, 3.05) is 0 Å². The smallest absolute Gasteiger partial charge is 0.211 e. The summed E-state index contributed by atoms with van der Waals surface area (Å²) in [7, 11) is 0. The van der Waals surface area contributed by atoms with Crippen LogP contribution in [0.15, 0.2) is 152 Å². The molecule has 2 heterocycles. The number of aromatic nitrogens is 2. The number of hydrogen-bond acceptors (Lipinski definition) is 2. The molecule has 0 radical (unpaired) electrons. The molecule has 230 valence electrons. The molecule has 0 unspecified atom stereocenters. The van der Waals surface area contributed by atoms with Crippen molar-refractivity contribution >= 4 is 49.3 Å². The summed E-state index contributed by atoms with van der Waals surface area (Å²) in [5, 5.41) is 24.0. The average molecular weight is 636 g/mol. The third kappa shape index (κ3) is 4.38. The van der Waals surface area contributed by atoms with Gasteiger partial charge < -0.3 is 9.13 Å². The van der Waals surface area contributed by atoms with E-state index in [0.717, 1.165) is 66.5 Å². The Bertz CT molecular complexity index is 2900. The quantitative estimate of drug-likeness (QED) is 0.181. The molecule has 0 amide bonds. The molecule has 0 aliphatic carbocycles. The lowest BCUT2D eigenvalue weighted by Crippen LogP contribution is -1.97. The highest BCUT2D eigenvalue weighted by Gasteiger charge is 2.18. The normalized spacial score (nSPS) is 11.1. The number of para-hydroxylation sites is 4. The van der Waals surface area contributed by atoms with Crippen LogP contribution in [0.4, 0.5) is 5.69 Å². The summed E-state index contributed by atoms with van der Waals surface area (Å²) in [6.07, 6.45) is 0. The Kier molecular flexibility index (Phi) is 6.56. The summed E-state index contributed by atoms with van der Waals surface area (Å²) in [6.45, 7) is 7.88. The number of hydrogen-bond donors (Lipinski definition) is 0. The van der Waals surface area contributed by atoms with Crippen molar-refractivity contribution in [3.8, 4) is 45.8 Å². The summed E-state index contributed by atoms with van der Waals surface area (Å²) >= 11 is 0. The van der Waals surface area contributed by atoms with Gasteiger partial charge in [0.25, 0.3) is 0 Å². The van der Waals surface area contributed by atoms with Crippen LogP contribution in [0.1, 0.15) is 11.1 Å². The second kappa shape index (κ2) is 11.4. The van der Waals surface area contributed by atoms with Crippen LogP contribution in [0.3, 0.4) is 0 Å². The molecule has 9 rings (SSSR count). The second-order valence-electron chi connectivity index (χ2n) is 12.3. The third-order valence-electron chi connectivity index (χ3n) is 9.57. The maximum Gasteiger partial charge on any atom is 0.211 e. The highest BCUT2D eigenvalue weighted by molar-refractivity contribution is 6.14. The maximum absolute atomic E-state index is 10.2. The van der Waals surface area contributed by atoms with Gasteiger partial charge in [0, 0.05) is 27.4 Å². The predicted octanol–water partition coefficient (Wildman–Crippen LogP) is 11.5. The molecule has 0 atom stereocenters. The van der Waals surface area contributed by atoms with Crippen LogP contribution < -0.4 is 0 Å². The van der Waals surface area contributed by atoms with Gasteiger partial charge in [0.15, 0.2) is 0 Å². The first-order valence-corrected chi connectivity index (χ1v) is 16.3. The fraction of sp³-hybridized carbons (Fsp3) is 0. The van der Waals surface area contributed by atoms with Crippen molar-refractivity contribution in [3.63, 3.8) is 0 Å². The van der Waals surface area contributed by atoms with Crippen LogP contribution in [-0.4, -0.2) is 9.13 Å². The lowest BCUT2D eigenvalue weighted by Gasteiger charge is -2.15. The van der Waals surface area contributed by atoms with Crippen molar-refractivity contribution in [1.29, 1.82) is 10.5 Å². The molecule has 0 aliphatic rings. The molecule has 0 saturated heterocycles. The van der Waals surface area contributed by atoms with Crippen molar-refractivity contribution < 1.29 is 0 Å². The number of benzene rings is 7. The van der Waals surface area contributed by atoms with Gasteiger partial charge in [-0.1, -0.05) is 84.9 Å². The van der Waals surface area contributed by atoms with Crippen LogP contribution in [0.5, 0.6) is 0 Å². The number of nitrogens with zero attached hydrogens (tertiary/aromatic N) is 5. The van der Waals surface area contributed by atoms with E-state index in [4.69, 9.17) is 6.57 Å². The molecule has 50 heavy (non-hydrogen) atoms. The molecule has 0 saturated carbocycles. The van der Waals surface area contributed by atoms with Crippen LogP contribution in [0.25, 0.3) is 82.1 Å². The first kappa shape index (κ1) is 28.8. The lowest BCUT2D eigenvalue weighted by molar-refractivity contribution is 1.18. The van der Waals surface area contributed by atoms with Crippen molar-refractivity contribution in [2.45, 2.75) is 0 Å². The van der Waals surface area contributed by atoms with Crippen LogP contribution in [0, 0.1) is 29.2 Å². The van der Waals surface area contributed by atoms with Gasteiger partial charge in [-0.05, 0) is 88.8 Å². The highest BCUT2D eigenvalue weighted by Crippen LogP contribution is 2.40. The van der Waals surface area contributed by atoms with Crippen LogP contribution in [0.2, 0.25) is 0 Å². The SMILES string of the molecule is [C-]#[N+]c1cccc2c3cc(C#N)ccc3n(-c3ccc(-c4cc(C#N)cc(-c5ccccc5-n5c6ccccc6c6ccccc65)c4)cc3)c12. The zero-order valence-electron chi connectivity index (χ0n) is 26.7. The number of rotatable bonds is 4. The Morgan fingerprint density at radius 3 is 1.84 bits per heavy atom. The topological polar surface area (TPSA) is 61.8 Å². The molecule has 9 aromatic rings. The van der Waals surface area contributed by atoms with E-state index in [0.29, 0.717) is 16.8 Å². The average Bonchev–Trinajstić information content (AvgIpc) is 3.70. The van der Waals surface area contributed by atoms with E-state index < -0.39 is 0 Å². The monoisotopic (exact) mass is 635 g/mol. The zero-order chi connectivity index (χ0) is 33.8. The van der Waals surface area contributed by atoms with E-state index in [-0.39, 0.29) is 0 Å². The minimum Gasteiger partial charge on any atom is -0.319 e.